The van der Waals surface area contributed by atoms with Crippen molar-refractivity contribution in [1.29, 1.82) is 0 Å². The smallest absolute Gasteiger partial charge is 0.422 e. The maximum Gasteiger partial charge on any atom is 0.422 e. The quantitative estimate of drug-likeness (QED) is 0.428. The summed E-state index contributed by atoms with van der Waals surface area (Å²) in [5.74, 6) is 0.157. The lowest BCUT2D eigenvalue weighted by Gasteiger charge is -2.37. The van der Waals surface area contributed by atoms with Crippen LogP contribution in [0.4, 0.5) is 10.5 Å². The van der Waals surface area contributed by atoms with Crippen LogP contribution in [0.1, 0.15) is 38.8 Å². The zero-order valence-electron chi connectivity index (χ0n) is 18.9. The van der Waals surface area contributed by atoms with Gasteiger partial charge in [-0.15, -0.1) is 0 Å². The minimum atomic E-state index is -0.755. The Labute approximate surface area is 206 Å². The van der Waals surface area contributed by atoms with E-state index in [0.29, 0.717) is 53.0 Å². The fraction of sp³-hybridized carbons (Fsp3) is 0.360. The van der Waals surface area contributed by atoms with Crippen molar-refractivity contribution in [3.63, 3.8) is 0 Å². The number of amides is 2. The topological polar surface area (TPSA) is 65.1 Å². The highest BCUT2D eigenvalue weighted by Crippen LogP contribution is 2.41. The molecule has 1 fully saturated rings. The normalized spacial score (nSPS) is 18.2. The van der Waals surface area contributed by atoms with Crippen molar-refractivity contribution in [2.75, 3.05) is 24.7 Å². The van der Waals surface area contributed by atoms with E-state index in [1.54, 1.807) is 45.0 Å². The van der Waals surface area contributed by atoms with Gasteiger partial charge in [0.05, 0.1) is 31.1 Å². The summed E-state index contributed by atoms with van der Waals surface area (Å²) in [4.78, 5) is 27.3. The highest BCUT2D eigenvalue weighted by molar-refractivity contribution is 9.10. The number of carbonyl (C=O) groups excluding carboxylic acids is 2. The molecule has 2 aromatic carbocycles. The van der Waals surface area contributed by atoms with Crippen molar-refractivity contribution in [2.24, 2.45) is 5.41 Å². The lowest BCUT2D eigenvalue weighted by molar-refractivity contribution is -0.120. The molecule has 8 heteroatoms. The number of hydrogen-bond acceptors (Lipinski definition) is 5. The predicted octanol–water partition coefficient (Wildman–Crippen LogP) is 6.34. The molecule has 4 rings (SSSR count). The molecule has 0 atom stereocenters. The first kappa shape index (κ1) is 23.8. The molecule has 0 saturated carbocycles. The lowest BCUT2D eigenvalue weighted by atomic mass is 9.90. The number of carbonyl (C=O) groups is 2. The molecule has 2 aliphatic heterocycles. The third-order valence-corrected chi connectivity index (χ3v) is 5.98. The van der Waals surface area contributed by atoms with Gasteiger partial charge in [0.2, 0.25) is 0 Å². The number of halogens is 2. The number of benzene rings is 2. The molecule has 33 heavy (non-hydrogen) atoms. The van der Waals surface area contributed by atoms with E-state index < -0.39 is 17.6 Å². The first-order valence-electron chi connectivity index (χ1n) is 10.5. The molecule has 1 saturated heterocycles. The number of imide groups is 1. The zero-order chi connectivity index (χ0) is 24.0. The van der Waals surface area contributed by atoms with Gasteiger partial charge in [-0.2, -0.15) is 0 Å². The maximum atomic E-state index is 13.4. The summed E-state index contributed by atoms with van der Waals surface area (Å²) < 4.78 is 17.7. The van der Waals surface area contributed by atoms with E-state index in [1.807, 2.05) is 18.2 Å². The predicted molar refractivity (Wildman–Crippen MR) is 132 cm³/mol. The van der Waals surface area contributed by atoms with Crippen molar-refractivity contribution < 1.29 is 23.8 Å². The van der Waals surface area contributed by atoms with Crippen LogP contribution in [0.5, 0.6) is 5.75 Å². The minimum absolute atomic E-state index is 0.0302. The molecule has 2 heterocycles. The number of fused-ring (bicyclic) bond motifs is 1. The number of nitrogens with zero attached hydrogens (tertiary/aromatic N) is 1. The highest BCUT2D eigenvalue weighted by Gasteiger charge is 2.39. The van der Waals surface area contributed by atoms with Crippen LogP contribution in [0.3, 0.4) is 0 Å². The largest absolute Gasteiger partial charge is 0.492 e. The molecule has 6 nitrogen and oxygen atoms in total. The second kappa shape index (κ2) is 8.78. The van der Waals surface area contributed by atoms with Crippen LogP contribution >= 0.6 is 27.5 Å². The van der Waals surface area contributed by atoms with Gasteiger partial charge in [0.25, 0.3) is 5.91 Å². The molecule has 0 radical (unpaired) electrons. The van der Waals surface area contributed by atoms with Crippen molar-refractivity contribution in [1.82, 2.24) is 0 Å². The van der Waals surface area contributed by atoms with Gasteiger partial charge in [-0.1, -0.05) is 40.5 Å². The summed E-state index contributed by atoms with van der Waals surface area (Å²) in [6, 6.07) is 10.6. The highest BCUT2D eigenvalue weighted by atomic mass is 79.9. The molecular formula is C25H25BrClNO5. The number of hydrogen-bond donors (Lipinski definition) is 0. The van der Waals surface area contributed by atoms with Crippen molar-refractivity contribution in [3.05, 3.63) is 57.0 Å². The van der Waals surface area contributed by atoms with Crippen LogP contribution in [0.2, 0.25) is 5.02 Å². The second-order valence-electron chi connectivity index (χ2n) is 9.61. The first-order chi connectivity index (χ1) is 15.5. The molecule has 174 valence electrons. The van der Waals surface area contributed by atoms with E-state index in [9.17, 15) is 9.59 Å². The van der Waals surface area contributed by atoms with Gasteiger partial charge < -0.3 is 14.2 Å². The average molecular weight is 535 g/mol. The minimum Gasteiger partial charge on any atom is -0.492 e. The molecule has 0 spiro atoms. The second-order valence-corrected chi connectivity index (χ2v) is 11.0. The van der Waals surface area contributed by atoms with Crippen LogP contribution < -0.4 is 9.64 Å². The van der Waals surface area contributed by atoms with Gasteiger partial charge in [-0.25, -0.2) is 9.69 Å². The van der Waals surface area contributed by atoms with Gasteiger partial charge in [0.15, 0.2) is 0 Å². The Balaban J connectivity index is 1.73. The Hall–Kier alpha value is -2.35. The first-order valence-corrected chi connectivity index (χ1v) is 11.7. The van der Waals surface area contributed by atoms with Gasteiger partial charge in [-0.3, -0.25) is 4.79 Å². The van der Waals surface area contributed by atoms with E-state index in [2.05, 4.69) is 22.9 Å². The number of rotatable bonds is 4. The Morgan fingerprint density at radius 3 is 2.61 bits per heavy atom. The van der Waals surface area contributed by atoms with Gasteiger partial charge in [0.1, 0.15) is 11.4 Å². The Morgan fingerprint density at radius 2 is 1.97 bits per heavy atom. The van der Waals surface area contributed by atoms with Crippen molar-refractivity contribution >= 4 is 56.9 Å². The monoisotopic (exact) mass is 533 g/mol. The van der Waals surface area contributed by atoms with Crippen LogP contribution in [0.15, 0.2) is 40.9 Å². The summed E-state index contributed by atoms with van der Waals surface area (Å²) in [6.45, 7) is 9.15. The molecule has 0 unspecified atom stereocenters. The molecule has 2 aromatic rings. The van der Waals surface area contributed by atoms with E-state index in [-0.39, 0.29) is 5.41 Å². The van der Waals surface area contributed by atoms with E-state index in [0.717, 1.165) is 9.37 Å². The Morgan fingerprint density at radius 1 is 1.24 bits per heavy atom. The Kier molecular flexibility index (Phi) is 6.33. The summed E-state index contributed by atoms with van der Waals surface area (Å²) in [6.07, 6.45) is 0.988. The van der Waals surface area contributed by atoms with E-state index >= 15 is 0 Å². The van der Waals surface area contributed by atoms with Crippen molar-refractivity contribution in [3.8, 4) is 5.75 Å². The molecule has 0 bridgehead atoms. The number of anilines is 1. The van der Waals surface area contributed by atoms with Crippen molar-refractivity contribution in [2.45, 2.75) is 33.3 Å². The fourth-order valence-electron chi connectivity index (χ4n) is 3.60. The van der Waals surface area contributed by atoms with Gasteiger partial charge in [0, 0.05) is 26.0 Å². The van der Waals surface area contributed by atoms with Crippen LogP contribution in [-0.4, -0.2) is 37.4 Å². The van der Waals surface area contributed by atoms with Gasteiger partial charge in [-0.05, 0) is 57.2 Å². The molecule has 0 aliphatic carbocycles. The summed E-state index contributed by atoms with van der Waals surface area (Å²) in [5.41, 5.74) is 1.27. The average Bonchev–Trinajstić information content (AvgIpc) is 2.95. The summed E-state index contributed by atoms with van der Waals surface area (Å²) in [7, 11) is 0. The lowest BCUT2D eigenvalue weighted by Crippen LogP contribution is -2.44. The summed E-state index contributed by atoms with van der Waals surface area (Å²) >= 11 is 9.68. The van der Waals surface area contributed by atoms with Crippen LogP contribution in [0.25, 0.3) is 11.6 Å². The Bertz CT molecular complexity index is 1150. The number of ether oxygens (including phenoxy) is 3. The van der Waals surface area contributed by atoms with Gasteiger partial charge >= 0.3 is 6.09 Å². The molecule has 0 aromatic heterocycles. The molecule has 0 N–H and O–H groups in total. The zero-order valence-corrected chi connectivity index (χ0v) is 21.2. The third kappa shape index (κ3) is 5.10. The summed E-state index contributed by atoms with van der Waals surface area (Å²) in [5, 5.41) is 0.416. The molecular weight excluding hydrogens is 510 g/mol. The van der Waals surface area contributed by atoms with Crippen LogP contribution in [0, 0.1) is 5.41 Å². The van der Waals surface area contributed by atoms with Crippen LogP contribution in [-0.2, 0) is 14.3 Å². The maximum absolute atomic E-state index is 13.4. The fourth-order valence-corrected chi connectivity index (χ4v) is 4.14. The molecule has 2 aliphatic rings. The molecule has 2 amide bonds. The third-order valence-electron chi connectivity index (χ3n) is 5.25. The van der Waals surface area contributed by atoms with E-state index in [1.165, 1.54) is 0 Å². The van der Waals surface area contributed by atoms with E-state index in [4.69, 9.17) is 25.8 Å². The standard InChI is InChI=1S/C25H25BrClNO5/c1-24(2,3)33-23(30)28-20-11-17(27)6-7-18(20)19(22(28)29)10-15-9-16(26)5-8-21(15)32-14-25(4)12-31-13-25/h5-11H,12-14H2,1-4H3/b19-10+. The SMILES string of the molecule is CC1(COc2ccc(Br)cc2/C=C2/C(=O)N(C(=O)OC(C)(C)C)c3cc(Cl)ccc32)COC1.